The molecule has 12 nitrogen and oxygen atoms in total. The van der Waals surface area contributed by atoms with Gasteiger partial charge in [-0.3, -0.25) is 4.79 Å². The van der Waals surface area contributed by atoms with Gasteiger partial charge in [0.2, 0.25) is 11.6 Å². The summed E-state index contributed by atoms with van der Waals surface area (Å²) < 4.78 is 16.4. The minimum absolute atomic E-state index is 0.0114. The number of furan rings is 1. The summed E-state index contributed by atoms with van der Waals surface area (Å²) >= 11 is 0. The third kappa shape index (κ3) is 3.48. The Hall–Kier alpha value is -4.48. The van der Waals surface area contributed by atoms with Crippen LogP contribution in [0.5, 0.6) is 5.75 Å². The van der Waals surface area contributed by atoms with E-state index in [1.54, 1.807) is 43.3 Å². The molecule has 3 aromatic heterocycles. The van der Waals surface area contributed by atoms with Crippen molar-refractivity contribution in [2.45, 2.75) is 6.92 Å². The lowest BCUT2D eigenvalue weighted by atomic mass is 10.1. The molecule has 4 rings (SSSR count). The zero-order chi connectivity index (χ0) is 21.1. The SMILES string of the molecule is COc1cccc(-c2c(C(=O)N/N=C(/C)c3ccco3)nnn2-c2nonc2N)c1. The van der Waals surface area contributed by atoms with Crippen LogP contribution in [0.2, 0.25) is 0 Å². The average molecular weight is 408 g/mol. The highest BCUT2D eigenvalue weighted by Gasteiger charge is 2.25. The zero-order valence-corrected chi connectivity index (χ0v) is 15.9. The quantitative estimate of drug-likeness (QED) is 0.357. The highest BCUT2D eigenvalue weighted by molar-refractivity contribution is 6.01. The third-order valence-electron chi connectivity index (χ3n) is 4.13. The molecular weight excluding hydrogens is 392 g/mol. The van der Waals surface area contributed by atoms with Crippen LogP contribution in [0.3, 0.4) is 0 Å². The van der Waals surface area contributed by atoms with E-state index in [1.165, 1.54) is 18.1 Å². The molecule has 4 aromatic rings. The van der Waals surface area contributed by atoms with Crippen LogP contribution in [0.4, 0.5) is 5.82 Å². The third-order valence-corrected chi connectivity index (χ3v) is 4.13. The molecule has 30 heavy (non-hydrogen) atoms. The predicted octanol–water partition coefficient (Wildman–Crippen LogP) is 1.66. The van der Waals surface area contributed by atoms with Gasteiger partial charge in [0.25, 0.3) is 5.91 Å². The van der Waals surface area contributed by atoms with Crippen molar-refractivity contribution in [2.24, 2.45) is 5.10 Å². The fraction of sp³-hybridized carbons (Fsp3) is 0.111. The summed E-state index contributed by atoms with van der Waals surface area (Å²) in [7, 11) is 1.54. The van der Waals surface area contributed by atoms with Crippen molar-refractivity contribution >= 4 is 17.4 Å². The number of nitrogens with one attached hydrogen (secondary N) is 1. The average Bonchev–Trinajstić information content (AvgIpc) is 3.51. The summed E-state index contributed by atoms with van der Waals surface area (Å²) in [5.41, 5.74) is 9.61. The number of carbonyl (C=O) groups is 1. The maximum Gasteiger partial charge on any atom is 0.294 e. The van der Waals surface area contributed by atoms with E-state index in [2.05, 4.69) is 35.8 Å². The van der Waals surface area contributed by atoms with Gasteiger partial charge in [-0.2, -0.15) is 9.78 Å². The summed E-state index contributed by atoms with van der Waals surface area (Å²) in [6.07, 6.45) is 1.51. The normalized spacial score (nSPS) is 11.5. The van der Waals surface area contributed by atoms with Crippen LogP contribution in [-0.4, -0.2) is 44.0 Å². The van der Waals surface area contributed by atoms with Crippen molar-refractivity contribution in [1.29, 1.82) is 0 Å². The first-order valence-corrected chi connectivity index (χ1v) is 8.65. The molecule has 0 aliphatic carbocycles. The Morgan fingerprint density at radius 1 is 1.27 bits per heavy atom. The van der Waals surface area contributed by atoms with Crippen LogP contribution in [0, 0.1) is 0 Å². The van der Waals surface area contributed by atoms with Gasteiger partial charge in [-0.05, 0) is 41.5 Å². The lowest BCUT2D eigenvalue weighted by Gasteiger charge is -2.07. The number of aromatic nitrogens is 5. The van der Waals surface area contributed by atoms with Crippen molar-refractivity contribution in [2.75, 3.05) is 12.8 Å². The molecule has 0 radical (unpaired) electrons. The van der Waals surface area contributed by atoms with Crippen molar-refractivity contribution < 1.29 is 18.6 Å². The van der Waals surface area contributed by atoms with Crippen molar-refractivity contribution in [3.8, 4) is 22.8 Å². The number of rotatable bonds is 6. The topological polar surface area (TPSA) is 159 Å². The Balaban J connectivity index is 1.76. The number of nitrogen functional groups attached to an aromatic ring is 1. The van der Waals surface area contributed by atoms with Crippen molar-refractivity contribution in [3.05, 3.63) is 54.1 Å². The molecule has 3 heterocycles. The summed E-state index contributed by atoms with van der Waals surface area (Å²) in [5.74, 6) is 0.579. The molecule has 0 aliphatic rings. The first-order chi connectivity index (χ1) is 14.6. The van der Waals surface area contributed by atoms with Crippen molar-refractivity contribution in [1.82, 2.24) is 30.7 Å². The molecule has 1 aromatic carbocycles. The van der Waals surface area contributed by atoms with Crippen LogP contribution in [0.1, 0.15) is 23.2 Å². The number of carbonyl (C=O) groups excluding carboxylic acids is 1. The highest BCUT2D eigenvalue weighted by atomic mass is 16.6. The van der Waals surface area contributed by atoms with Gasteiger partial charge in [0.1, 0.15) is 22.9 Å². The maximum absolute atomic E-state index is 12.8. The number of benzene rings is 1. The summed E-state index contributed by atoms with van der Waals surface area (Å²) in [6, 6.07) is 10.4. The lowest BCUT2D eigenvalue weighted by molar-refractivity contribution is 0.0950. The fourth-order valence-corrected chi connectivity index (χ4v) is 2.68. The minimum atomic E-state index is -0.597. The summed E-state index contributed by atoms with van der Waals surface area (Å²) in [4.78, 5) is 12.8. The van der Waals surface area contributed by atoms with Gasteiger partial charge in [0.15, 0.2) is 5.69 Å². The molecule has 0 saturated carbocycles. The molecule has 12 heteroatoms. The maximum atomic E-state index is 12.8. The number of hydrazone groups is 1. The summed E-state index contributed by atoms with van der Waals surface area (Å²) in [6.45, 7) is 1.70. The Labute approximate surface area is 169 Å². The standard InChI is InChI=1S/C18H16N8O4/c1-10(13-7-4-8-29-13)20-22-18(27)14-15(11-5-3-6-12(9-11)28-2)26(25-21-14)17-16(19)23-30-24-17/h3-9H,1-2H3,(H2,19,23)(H,22,27)/b20-10-. The number of anilines is 1. The van der Waals surface area contributed by atoms with E-state index < -0.39 is 5.91 Å². The first-order valence-electron chi connectivity index (χ1n) is 8.65. The highest BCUT2D eigenvalue weighted by Crippen LogP contribution is 2.28. The van der Waals surface area contributed by atoms with Gasteiger partial charge in [-0.1, -0.05) is 17.3 Å². The van der Waals surface area contributed by atoms with E-state index in [-0.39, 0.29) is 17.3 Å². The lowest BCUT2D eigenvalue weighted by Crippen LogP contribution is -2.20. The smallest absolute Gasteiger partial charge is 0.294 e. The van der Waals surface area contributed by atoms with E-state index in [9.17, 15) is 4.79 Å². The fourth-order valence-electron chi connectivity index (χ4n) is 2.68. The van der Waals surface area contributed by atoms with E-state index in [0.29, 0.717) is 28.5 Å². The summed E-state index contributed by atoms with van der Waals surface area (Å²) in [5, 5.41) is 19.3. The van der Waals surface area contributed by atoms with Crippen LogP contribution < -0.4 is 15.9 Å². The number of nitrogens with two attached hydrogens (primary N) is 1. The largest absolute Gasteiger partial charge is 0.497 e. The molecule has 0 aliphatic heterocycles. The van der Waals surface area contributed by atoms with E-state index >= 15 is 0 Å². The van der Waals surface area contributed by atoms with Crippen molar-refractivity contribution in [3.63, 3.8) is 0 Å². The molecular formula is C18H16N8O4. The Morgan fingerprint density at radius 2 is 2.13 bits per heavy atom. The number of hydrogen-bond acceptors (Lipinski definition) is 10. The number of methoxy groups -OCH3 is 1. The molecule has 0 unspecified atom stereocenters. The second-order valence-corrected chi connectivity index (χ2v) is 6.02. The van der Waals surface area contributed by atoms with Crippen LogP contribution in [-0.2, 0) is 0 Å². The molecule has 1 amide bonds. The Bertz CT molecular complexity index is 1210. The molecule has 0 fully saturated rings. The van der Waals surface area contributed by atoms with Gasteiger partial charge < -0.3 is 14.9 Å². The molecule has 0 bridgehead atoms. The van der Waals surface area contributed by atoms with Gasteiger partial charge in [0.05, 0.1) is 13.4 Å². The number of hydrogen-bond donors (Lipinski definition) is 2. The Morgan fingerprint density at radius 3 is 2.83 bits per heavy atom. The first kappa shape index (κ1) is 18.9. The van der Waals surface area contributed by atoms with Gasteiger partial charge in [-0.25, -0.2) is 10.1 Å². The number of ether oxygens (including phenoxy) is 1. The van der Waals surface area contributed by atoms with Gasteiger partial charge in [0, 0.05) is 5.56 Å². The monoisotopic (exact) mass is 408 g/mol. The molecule has 0 atom stereocenters. The Kier molecular flexibility index (Phi) is 4.95. The zero-order valence-electron chi connectivity index (χ0n) is 15.9. The molecule has 0 saturated heterocycles. The van der Waals surface area contributed by atoms with E-state index in [0.717, 1.165) is 0 Å². The van der Waals surface area contributed by atoms with Gasteiger partial charge >= 0.3 is 0 Å². The van der Waals surface area contributed by atoms with Crippen LogP contribution in [0.15, 0.2) is 56.8 Å². The van der Waals surface area contributed by atoms with E-state index in [4.69, 9.17) is 14.9 Å². The second kappa shape index (κ2) is 7.87. The van der Waals surface area contributed by atoms with Gasteiger partial charge in [-0.15, -0.1) is 5.10 Å². The van der Waals surface area contributed by atoms with E-state index in [1.807, 2.05) is 0 Å². The minimum Gasteiger partial charge on any atom is -0.497 e. The van der Waals surface area contributed by atoms with Crippen LogP contribution in [0.25, 0.3) is 17.1 Å². The number of amides is 1. The predicted molar refractivity (Wildman–Crippen MR) is 104 cm³/mol. The number of nitrogens with zero attached hydrogens (tertiary/aromatic N) is 6. The molecule has 152 valence electrons. The van der Waals surface area contributed by atoms with Crippen LogP contribution >= 0.6 is 0 Å². The molecule has 0 spiro atoms. The second-order valence-electron chi connectivity index (χ2n) is 6.02. The molecule has 3 N–H and O–H groups in total.